The van der Waals surface area contributed by atoms with Crippen LogP contribution in [-0.4, -0.2) is 44.9 Å². The van der Waals surface area contributed by atoms with Crippen LogP contribution in [0.3, 0.4) is 0 Å². The molecule has 7 nitrogen and oxygen atoms in total. The number of aliphatic carboxylic acids is 1. The number of hydrogen-bond donors (Lipinski definition) is 1. The Morgan fingerprint density at radius 1 is 1.24 bits per heavy atom. The van der Waals surface area contributed by atoms with Gasteiger partial charge < -0.3 is 14.7 Å². The second-order valence-corrected chi connectivity index (χ2v) is 5.25. The lowest BCUT2D eigenvalue weighted by atomic mass is 10.1. The zero-order valence-electron chi connectivity index (χ0n) is 13.1. The number of likely N-dealkylation sites (tertiary alicyclic amines) is 1. The third kappa shape index (κ3) is 5.04. The first-order valence-corrected chi connectivity index (χ1v) is 7.19. The largest absolute Gasteiger partial charge is 0.481 e. The Bertz CT molecular complexity index is 730. The van der Waals surface area contributed by atoms with Crippen LogP contribution in [-0.2, 0) is 4.79 Å². The van der Waals surface area contributed by atoms with E-state index in [1.54, 1.807) is 35.4 Å². The molecule has 0 aliphatic carbocycles. The number of halogens is 2. The molecule has 0 spiro atoms. The van der Waals surface area contributed by atoms with E-state index in [0.29, 0.717) is 30.2 Å². The summed E-state index contributed by atoms with van der Waals surface area (Å²) in [5.74, 6) is -0.731. The number of benzene rings is 1. The Balaban J connectivity index is 0.00000156. The molecule has 25 heavy (non-hydrogen) atoms. The molecule has 1 aliphatic heterocycles. The molecule has 2 heterocycles. The van der Waals surface area contributed by atoms with Crippen LogP contribution in [0.25, 0.3) is 0 Å². The predicted molar refractivity (Wildman–Crippen MR) is 94.7 cm³/mol. The molecule has 1 fully saturated rings. The van der Waals surface area contributed by atoms with E-state index in [1.807, 2.05) is 0 Å². The van der Waals surface area contributed by atoms with Crippen molar-refractivity contribution in [2.75, 3.05) is 13.1 Å². The van der Waals surface area contributed by atoms with Gasteiger partial charge in [0.25, 0.3) is 5.91 Å². The van der Waals surface area contributed by atoms with Crippen LogP contribution in [0, 0.1) is 5.92 Å². The Morgan fingerprint density at radius 2 is 2.04 bits per heavy atom. The number of rotatable bonds is 4. The van der Waals surface area contributed by atoms with Crippen molar-refractivity contribution in [3.05, 3.63) is 48.4 Å². The third-order valence-electron chi connectivity index (χ3n) is 3.67. The summed E-state index contributed by atoms with van der Waals surface area (Å²) in [6, 6.07) is 6.73. The fraction of sp³-hybridized carbons (Fsp3) is 0.250. The molecular weight excluding hydrogens is 369 g/mol. The molecule has 1 aromatic carbocycles. The van der Waals surface area contributed by atoms with Crippen LogP contribution in [0.4, 0.5) is 0 Å². The maximum absolute atomic E-state index is 12.5. The molecule has 1 aromatic heterocycles. The summed E-state index contributed by atoms with van der Waals surface area (Å²) in [5.41, 5.74) is 0.456. The predicted octanol–water partition coefficient (Wildman–Crippen LogP) is 2.66. The highest BCUT2D eigenvalue weighted by Crippen LogP contribution is 2.23. The zero-order valence-corrected chi connectivity index (χ0v) is 14.7. The maximum atomic E-state index is 12.5. The summed E-state index contributed by atoms with van der Waals surface area (Å²) >= 11 is 0. The number of carbonyl (C=O) groups excluding carboxylic acids is 1. The zero-order chi connectivity index (χ0) is 16.2. The maximum Gasteiger partial charge on any atom is 0.308 e. The smallest absolute Gasteiger partial charge is 0.308 e. The Morgan fingerprint density at radius 3 is 2.68 bits per heavy atom. The summed E-state index contributed by atoms with van der Waals surface area (Å²) < 4.78 is 5.55. The quantitative estimate of drug-likeness (QED) is 0.869. The van der Waals surface area contributed by atoms with Gasteiger partial charge in [0, 0.05) is 31.0 Å². The van der Waals surface area contributed by atoms with E-state index >= 15 is 0 Å². The van der Waals surface area contributed by atoms with E-state index in [2.05, 4.69) is 9.97 Å². The normalized spacial score (nSPS) is 15.7. The fourth-order valence-electron chi connectivity index (χ4n) is 2.48. The van der Waals surface area contributed by atoms with Gasteiger partial charge in [-0.3, -0.25) is 14.6 Å². The van der Waals surface area contributed by atoms with Crippen molar-refractivity contribution in [2.24, 2.45) is 5.92 Å². The first-order chi connectivity index (χ1) is 11.1. The van der Waals surface area contributed by atoms with Crippen molar-refractivity contribution in [1.82, 2.24) is 14.9 Å². The number of nitrogens with zero attached hydrogens (tertiary/aromatic N) is 3. The highest BCUT2D eigenvalue weighted by molar-refractivity contribution is 5.95. The number of carboxylic acids is 1. The number of hydrogen-bond acceptors (Lipinski definition) is 5. The van der Waals surface area contributed by atoms with Crippen molar-refractivity contribution >= 4 is 36.7 Å². The molecule has 2 aromatic rings. The fourth-order valence-corrected chi connectivity index (χ4v) is 2.48. The standard InChI is InChI=1S/C16H15N3O4.2ClH/c20-15(19-7-4-12(10-19)16(21)22)11-2-1-3-13(8-11)23-14-9-17-5-6-18-14;;/h1-3,5-6,8-9,12H,4,7,10H2,(H,21,22);2*1H. The molecular formula is C16H17Cl2N3O4. The van der Waals surface area contributed by atoms with Gasteiger partial charge in [0.15, 0.2) is 0 Å². The first-order valence-electron chi connectivity index (χ1n) is 7.19. The molecule has 0 bridgehead atoms. The van der Waals surface area contributed by atoms with Crippen LogP contribution in [0.15, 0.2) is 42.9 Å². The van der Waals surface area contributed by atoms with Crippen molar-refractivity contribution in [2.45, 2.75) is 6.42 Å². The van der Waals surface area contributed by atoms with Crippen molar-refractivity contribution in [3.63, 3.8) is 0 Å². The number of amides is 1. The number of ether oxygens (including phenoxy) is 1. The van der Waals surface area contributed by atoms with Gasteiger partial charge in [-0.05, 0) is 24.6 Å². The molecule has 1 atom stereocenters. The molecule has 3 rings (SSSR count). The first kappa shape index (κ1) is 20.7. The van der Waals surface area contributed by atoms with Crippen molar-refractivity contribution in [1.29, 1.82) is 0 Å². The van der Waals surface area contributed by atoms with Crippen LogP contribution in [0.2, 0.25) is 0 Å². The molecule has 0 saturated carbocycles. The van der Waals surface area contributed by atoms with E-state index in [1.165, 1.54) is 12.4 Å². The van der Waals surface area contributed by atoms with Crippen molar-refractivity contribution in [3.8, 4) is 11.6 Å². The molecule has 134 valence electrons. The lowest BCUT2D eigenvalue weighted by molar-refractivity contribution is -0.141. The lowest BCUT2D eigenvalue weighted by Gasteiger charge is -2.16. The Hall–Kier alpha value is -2.38. The topological polar surface area (TPSA) is 92.6 Å². The van der Waals surface area contributed by atoms with Gasteiger partial charge in [0.2, 0.25) is 5.88 Å². The van der Waals surface area contributed by atoms with Crippen LogP contribution in [0.1, 0.15) is 16.8 Å². The minimum Gasteiger partial charge on any atom is -0.481 e. The monoisotopic (exact) mass is 385 g/mol. The van der Waals surface area contributed by atoms with Gasteiger partial charge in [-0.15, -0.1) is 24.8 Å². The minimum absolute atomic E-state index is 0. The summed E-state index contributed by atoms with van der Waals surface area (Å²) in [6.45, 7) is 0.689. The number of aromatic nitrogens is 2. The molecule has 1 aliphatic rings. The highest BCUT2D eigenvalue weighted by atomic mass is 35.5. The van der Waals surface area contributed by atoms with E-state index in [4.69, 9.17) is 9.84 Å². The SMILES string of the molecule is Cl.Cl.O=C(O)C1CCN(C(=O)c2cccc(Oc3cnccn3)c2)C1. The molecule has 0 radical (unpaired) electrons. The number of carboxylic acid groups (broad SMARTS) is 1. The van der Waals surface area contributed by atoms with Gasteiger partial charge in [0.1, 0.15) is 5.75 Å². The second kappa shape index (κ2) is 9.19. The van der Waals surface area contributed by atoms with E-state index < -0.39 is 11.9 Å². The summed E-state index contributed by atoms with van der Waals surface area (Å²) in [6.07, 6.45) is 5.02. The van der Waals surface area contributed by atoms with Gasteiger partial charge in [-0.1, -0.05) is 6.07 Å². The lowest BCUT2D eigenvalue weighted by Crippen LogP contribution is -2.29. The Labute approximate surface area is 156 Å². The molecule has 1 amide bonds. The van der Waals surface area contributed by atoms with Gasteiger partial charge >= 0.3 is 5.97 Å². The van der Waals surface area contributed by atoms with Gasteiger partial charge in [-0.2, -0.15) is 0 Å². The van der Waals surface area contributed by atoms with Gasteiger partial charge in [0.05, 0.1) is 12.1 Å². The summed E-state index contributed by atoms with van der Waals surface area (Å²) in [5, 5.41) is 9.02. The molecule has 9 heteroatoms. The van der Waals surface area contributed by atoms with E-state index in [-0.39, 0.29) is 37.3 Å². The van der Waals surface area contributed by atoms with Crippen LogP contribution in [0.5, 0.6) is 11.6 Å². The number of carbonyl (C=O) groups is 2. The molecule has 1 unspecified atom stereocenters. The van der Waals surface area contributed by atoms with E-state index in [0.717, 1.165) is 0 Å². The average molecular weight is 386 g/mol. The van der Waals surface area contributed by atoms with Gasteiger partial charge in [-0.25, -0.2) is 4.98 Å². The molecule has 1 N–H and O–H groups in total. The average Bonchev–Trinajstić information content (AvgIpc) is 3.06. The highest BCUT2D eigenvalue weighted by Gasteiger charge is 2.31. The van der Waals surface area contributed by atoms with Crippen molar-refractivity contribution < 1.29 is 19.4 Å². The van der Waals surface area contributed by atoms with Crippen LogP contribution >= 0.6 is 24.8 Å². The Kier molecular flexibility index (Phi) is 7.60. The van der Waals surface area contributed by atoms with E-state index in [9.17, 15) is 9.59 Å². The second-order valence-electron chi connectivity index (χ2n) is 5.25. The van der Waals surface area contributed by atoms with Crippen LogP contribution < -0.4 is 4.74 Å². The summed E-state index contributed by atoms with van der Waals surface area (Å²) in [7, 11) is 0. The minimum atomic E-state index is -0.861. The summed E-state index contributed by atoms with van der Waals surface area (Å²) in [4.78, 5) is 32.9. The third-order valence-corrected chi connectivity index (χ3v) is 3.67. The molecule has 1 saturated heterocycles.